The van der Waals surface area contributed by atoms with Gasteiger partial charge in [-0.3, -0.25) is 4.98 Å². The molecule has 0 aliphatic carbocycles. The van der Waals surface area contributed by atoms with Gasteiger partial charge >= 0.3 is 0 Å². The number of anilines is 2. The lowest BCUT2D eigenvalue weighted by molar-refractivity contribution is 0.364. The molecule has 2 atom stereocenters. The van der Waals surface area contributed by atoms with Crippen LogP contribution in [0.2, 0.25) is 0 Å². The largest absolute Gasteiger partial charge is 0.398 e. The third kappa shape index (κ3) is 2.03. The number of nitrogens with two attached hydrogens (primary N) is 1. The van der Waals surface area contributed by atoms with E-state index in [1.807, 2.05) is 24.5 Å². The molecular formula is C16H21N3. The molecule has 3 heteroatoms. The number of nitrogens with zero attached hydrogens (tertiary/aromatic N) is 2. The number of hydrogen-bond donors (Lipinski definition) is 1. The van der Waals surface area contributed by atoms with Crippen molar-refractivity contribution in [2.24, 2.45) is 5.92 Å². The Labute approximate surface area is 114 Å². The molecule has 100 valence electrons. The molecule has 3 nitrogen and oxygen atoms in total. The predicted octanol–water partition coefficient (Wildman–Crippen LogP) is 3.44. The van der Waals surface area contributed by atoms with Crippen molar-refractivity contribution in [3.63, 3.8) is 0 Å². The van der Waals surface area contributed by atoms with Gasteiger partial charge in [-0.25, -0.2) is 0 Å². The summed E-state index contributed by atoms with van der Waals surface area (Å²) in [6.07, 6.45) is 6.33. The molecule has 19 heavy (non-hydrogen) atoms. The Morgan fingerprint density at radius 3 is 2.89 bits per heavy atom. The first-order valence-corrected chi connectivity index (χ1v) is 7.07. The van der Waals surface area contributed by atoms with Crippen LogP contribution >= 0.6 is 0 Å². The minimum absolute atomic E-state index is 0.570. The van der Waals surface area contributed by atoms with Gasteiger partial charge in [-0.2, -0.15) is 0 Å². The molecule has 2 unspecified atom stereocenters. The molecule has 1 aliphatic heterocycles. The quantitative estimate of drug-likeness (QED) is 0.794. The van der Waals surface area contributed by atoms with Crippen LogP contribution < -0.4 is 10.6 Å². The lowest BCUT2D eigenvalue weighted by Gasteiger charge is -2.40. The van der Waals surface area contributed by atoms with Crippen molar-refractivity contribution < 1.29 is 0 Å². The molecule has 2 aromatic rings. The summed E-state index contributed by atoms with van der Waals surface area (Å²) < 4.78 is 0. The van der Waals surface area contributed by atoms with E-state index in [9.17, 15) is 0 Å². The number of fused-ring (bicyclic) bond motifs is 1. The lowest BCUT2D eigenvalue weighted by atomic mass is 9.91. The maximum Gasteiger partial charge on any atom is 0.0465 e. The predicted molar refractivity (Wildman–Crippen MR) is 81.4 cm³/mol. The second kappa shape index (κ2) is 4.72. The molecule has 0 spiro atoms. The van der Waals surface area contributed by atoms with Crippen molar-refractivity contribution in [3.8, 4) is 0 Å². The van der Waals surface area contributed by atoms with Crippen molar-refractivity contribution in [2.75, 3.05) is 17.2 Å². The first kappa shape index (κ1) is 12.3. The second-order valence-corrected chi connectivity index (χ2v) is 5.65. The van der Waals surface area contributed by atoms with Crippen LogP contribution in [-0.2, 0) is 0 Å². The summed E-state index contributed by atoms with van der Waals surface area (Å²) in [4.78, 5) is 6.78. The third-order valence-corrected chi connectivity index (χ3v) is 4.51. The average Bonchev–Trinajstić information content (AvgIpc) is 2.43. The van der Waals surface area contributed by atoms with Crippen molar-refractivity contribution >= 4 is 22.1 Å². The summed E-state index contributed by atoms with van der Waals surface area (Å²) in [6, 6.07) is 6.74. The zero-order valence-corrected chi connectivity index (χ0v) is 11.6. The molecule has 0 radical (unpaired) electrons. The maximum atomic E-state index is 6.07. The molecule has 1 fully saturated rings. The van der Waals surface area contributed by atoms with Gasteiger partial charge in [-0.15, -0.1) is 0 Å². The van der Waals surface area contributed by atoms with E-state index in [4.69, 9.17) is 5.73 Å². The summed E-state index contributed by atoms with van der Waals surface area (Å²) in [5, 5.41) is 2.28. The fourth-order valence-corrected chi connectivity index (χ4v) is 3.12. The highest BCUT2D eigenvalue weighted by Crippen LogP contribution is 2.35. The normalized spacial score (nSPS) is 23.8. The molecule has 1 aromatic heterocycles. The van der Waals surface area contributed by atoms with Crippen LogP contribution in [-0.4, -0.2) is 17.6 Å². The zero-order chi connectivity index (χ0) is 13.4. The van der Waals surface area contributed by atoms with Crippen molar-refractivity contribution in [1.82, 2.24) is 4.98 Å². The molecule has 3 rings (SSSR count). The number of aromatic nitrogens is 1. The van der Waals surface area contributed by atoms with Crippen LogP contribution in [0.5, 0.6) is 0 Å². The van der Waals surface area contributed by atoms with Gasteiger partial charge in [0, 0.05) is 47.1 Å². The third-order valence-electron chi connectivity index (χ3n) is 4.51. The van der Waals surface area contributed by atoms with E-state index in [2.05, 4.69) is 29.8 Å². The molecule has 1 saturated heterocycles. The highest BCUT2D eigenvalue weighted by atomic mass is 15.2. The number of nitrogen functional groups attached to an aromatic ring is 1. The molecule has 2 heterocycles. The summed E-state index contributed by atoms with van der Waals surface area (Å²) >= 11 is 0. The molecule has 0 amide bonds. The zero-order valence-electron chi connectivity index (χ0n) is 11.6. The van der Waals surface area contributed by atoms with Gasteiger partial charge in [-0.1, -0.05) is 6.92 Å². The monoisotopic (exact) mass is 255 g/mol. The topological polar surface area (TPSA) is 42.1 Å². The van der Waals surface area contributed by atoms with E-state index >= 15 is 0 Å². The fraction of sp³-hybridized carbons (Fsp3) is 0.438. The van der Waals surface area contributed by atoms with Gasteiger partial charge in [0.1, 0.15) is 0 Å². The van der Waals surface area contributed by atoms with E-state index in [-0.39, 0.29) is 0 Å². The average molecular weight is 255 g/mol. The maximum absolute atomic E-state index is 6.07. The Hall–Kier alpha value is -1.77. The minimum atomic E-state index is 0.570. The van der Waals surface area contributed by atoms with Crippen LogP contribution in [0.4, 0.5) is 11.4 Å². The Morgan fingerprint density at radius 2 is 2.05 bits per heavy atom. The highest BCUT2D eigenvalue weighted by molar-refractivity contribution is 6.00. The van der Waals surface area contributed by atoms with Crippen molar-refractivity contribution in [1.29, 1.82) is 0 Å². The molecule has 2 N–H and O–H groups in total. The second-order valence-electron chi connectivity index (χ2n) is 5.65. The number of rotatable bonds is 1. The van der Waals surface area contributed by atoms with E-state index in [0.29, 0.717) is 6.04 Å². The van der Waals surface area contributed by atoms with Crippen molar-refractivity contribution in [2.45, 2.75) is 32.7 Å². The smallest absolute Gasteiger partial charge is 0.0465 e. The van der Waals surface area contributed by atoms with Crippen LogP contribution in [0.3, 0.4) is 0 Å². The van der Waals surface area contributed by atoms with E-state index in [1.165, 1.54) is 23.9 Å². The summed E-state index contributed by atoms with van der Waals surface area (Å²) in [7, 11) is 0. The van der Waals surface area contributed by atoms with E-state index in [1.54, 1.807) is 0 Å². The number of pyridine rings is 1. The molecule has 1 aliphatic rings. The Kier molecular flexibility index (Phi) is 3.05. The first-order chi connectivity index (χ1) is 9.18. The van der Waals surface area contributed by atoms with E-state index in [0.717, 1.165) is 23.5 Å². The SMILES string of the molecule is CC1CCCN(c2ccc(N)c3ccncc23)C1C. The standard InChI is InChI=1S/C16H21N3/c1-11-4-3-9-19(12(11)2)16-6-5-15(17)13-7-8-18-10-14(13)16/h5-8,10-12H,3-4,9,17H2,1-2H3. The van der Waals surface area contributed by atoms with Gasteiger partial charge in [0.15, 0.2) is 0 Å². The molecule has 1 aromatic carbocycles. The molecule has 0 saturated carbocycles. The van der Waals surface area contributed by atoms with Gasteiger partial charge in [0.25, 0.3) is 0 Å². The van der Waals surface area contributed by atoms with E-state index < -0.39 is 0 Å². The summed E-state index contributed by atoms with van der Waals surface area (Å²) in [6.45, 7) is 5.79. The van der Waals surface area contributed by atoms with Crippen LogP contribution in [0.1, 0.15) is 26.7 Å². The summed E-state index contributed by atoms with van der Waals surface area (Å²) in [5.74, 6) is 0.734. The fourth-order valence-electron chi connectivity index (χ4n) is 3.12. The summed E-state index contributed by atoms with van der Waals surface area (Å²) in [5.41, 5.74) is 8.18. The Morgan fingerprint density at radius 1 is 1.21 bits per heavy atom. The highest BCUT2D eigenvalue weighted by Gasteiger charge is 2.26. The first-order valence-electron chi connectivity index (χ1n) is 7.07. The number of piperidine rings is 1. The van der Waals surface area contributed by atoms with Crippen LogP contribution in [0.25, 0.3) is 10.8 Å². The molecular weight excluding hydrogens is 234 g/mol. The minimum Gasteiger partial charge on any atom is -0.398 e. The van der Waals surface area contributed by atoms with Gasteiger partial charge in [0.2, 0.25) is 0 Å². The number of hydrogen-bond acceptors (Lipinski definition) is 3. The Balaban J connectivity index is 2.12. The van der Waals surface area contributed by atoms with Gasteiger partial charge in [0.05, 0.1) is 0 Å². The van der Waals surface area contributed by atoms with Crippen LogP contribution in [0.15, 0.2) is 30.6 Å². The Bertz CT molecular complexity index is 594. The number of benzene rings is 1. The van der Waals surface area contributed by atoms with Crippen LogP contribution in [0, 0.1) is 5.92 Å². The van der Waals surface area contributed by atoms with Gasteiger partial charge < -0.3 is 10.6 Å². The lowest BCUT2D eigenvalue weighted by Crippen LogP contribution is -2.42. The van der Waals surface area contributed by atoms with Crippen molar-refractivity contribution in [3.05, 3.63) is 30.6 Å². The molecule has 0 bridgehead atoms. The van der Waals surface area contributed by atoms with Gasteiger partial charge in [-0.05, 0) is 43.9 Å².